The van der Waals surface area contributed by atoms with Gasteiger partial charge in [-0.25, -0.2) is 0 Å². The van der Waals surface area contributed by atoms with Crippen LogP contribution in [0.1, 0.15) is 50.7 Å². The van der Waals surface area contributed by atoms with E-state index in [0.29, 0.717) is 0 Å². The van der Waals surface area contributed by atoms with E-state index in [2.05, 4.69) is 56.6 Å². The minimum absolute atomic E-state index is 0.236. The Morgan fingerprint density at radius 2 is 2.06 bits per heavy atom. The van der Waals surface area contributed by atoms with Crippen molar-refractivity contribution in [2.45, 2.75) is 51.5 Å². The first-order chi connectivity index (χ1) is 8.56. The van der Waals surface area contributed by atoms with Gasteiger partial charge in [0.25, 0.3) is 0 Å². The molecule has 1 aromatic carbocycles. The molecule has 1 nitrogen and oxygen atoms in total. The van der Waals surface area contributed by atoms with Crippen LogP contribution in [0.15, 0.2) is 36.0 Å². The van der Waals surface area contributed by atoms with Gasteiger partial charge >= 0.3 is 0 Å². The Bertz CT molecular complexity index is 484. The van der Waals surface area contributed by atoms with Crippen molar-refractivity contribution in [1.29, 1.82) is 0 Å². The Hall–Kier alpha value is -1.24. The van der Waals surface area contributed by atoms with Crippen LogP contribution in [0.5, 0.6) is 0 Å². The van der Waals surface area contributed by atoms with E-state index in [4.69, 9.17) is 0 Å². The minimum atomic E-state index is 0.236. The molecule has 0 fully saturated rings. The standard InChI is InChI=1S/C17H23N/c1-12-8-13(10-15-11-18-17(15,2)3)9-14-6-4-5-7-16(12)14/h4-7,11-13,18H,8-10H2,1-3H3. The molecule has 2 unspecified atom stereocenters. The molecular weight excluding hydrogens is 218 g/mol. The van der Waals surface area contributed by atoms with E-state index in [1.165, 1.54) is 19.3 Å². The number of fused-ring (bicyclic) bond motifs is 1. The van der Waals surface area contributed by atoms with Crippen LogP contribution in [0.25, 0.3) is 0 Å². The van der Waals surface area contributed by atoms with Crippen LogP contribution in [0.3, 0.4) is 0 Å². The molecule has 96 valence electrons. The molecular formula is C17H23N. The summed E-state index contributed by atoms with van der Waals surface area (Å²) < 4.78 is 0. The second-order valence-electron chi connectivity index (χ2n) is 6.55. The van der Waals surface area contributed by atoms with E-state index in [1.807, 2.05) is 0 Å². The van der Waals surface area contributed by atoms with E-state index in [9.17, 15) is 0 Å². The molecule has 0 spiro atoms. The summed E-state index contributed by atoms with van der Waals surface area (Å²) in [5, 5.41) is 3.39. The number of nitrogens with one attached hydrogen (secondary N) is 1. The molecule has 0 amide bonds. The maximum Gasteiger partial charge on any atom is 0.0540 e. The second-order valence-corrected chi connectivity index (χ2v) is 6.55. The zero-order valence-electron chi connectivity index (χ0n) is 11.7. The van der Waals surface area contributed by atoms with Gasteiger partial charge in [0.15, 0.2) is 0 Å². The number of hydrogen-bond acceptors (Lipinski definition) is 1. The molecule has 2 aliphatic rings. The van der Waals surface area contributed by atoms with Crippen molar-refractivity contribution in [2.24, 2.45) is 5.92 Å². The topological polar surface area (TPSA) is 12.0 Å². The highest BCUT2D eigenvalue weighted by molar-refractivity contribution is 5.34. The summed E-state index contributed by atoms with van der Waals surface area (Å²) in [7, 11) is 0. The molecule has 0 radical (unpaired) electrons. The smallest absolute Gasteiger partial charge is 0.0540 e. The van der Waals surface area contributed by atoms with E-state index in [0.717, 1.165) is 11.8 Å². The molecule has 1 N–H and O–H groups in total. The van der Waals surface area contributed by atoms with Gasteiger partial charge in [-0.1, -0.05) is 31.2 Å². The van der Waals surface area contributed by atoms with E-state index in [-0.39, 0.29) is 5.54 Å². The lowest BCUT2D eigenvalue weighted by Crippen LogP contribution is -2.47. The van der Waals surface area contributed by atoms with Crippen LogP contribution in [0, 0.1) is 5.92 Å². The van der Waals surface area contributed by atoms with Crippen LogP contribution >= 0.6 is 0 Å². The first-order valence-electron chi connectivity index (χ1n) is 7.11. The molecule has 0 saturated heterocycles. The monoisotopic (exact) mass is 241 g/mol. The summed E-state index contributed by atoms with van der Waals surface area (Å²) in [6, 6.07) is 8.99. The summed E-state index contributed by atoms with van der Waals surface area (Å²) >= 11 is 0. The predicted octanol–water partition coefficient (Wildman–Crippen LogP) is 4.01. The fourth-order valence-electron chi connectivity index (χ4n) is 3.47. The molecule has 0 aromatic heterocycles. The average molecular weight is 241 g/mol. The fourth-order valence-corrected chi connectivity index (χ4v) is 3.47. The Labute approximate surface area is 110 Å². The molecule has 0 bridgehead atoms. The van der Waals surface area contributed by atoms with E-state index in [1.54, 1.807) is 16.7 Å². The van der Waals surface area contributed by atoms with Crippen molar-refractivity contribution >= 4 is 0 Å². The molecule has 1 heteroatoms. The van der Waals surface area contributed by atoms with Crippen LogP contribution in [0.4, 0.5) is 0 Å². The highest BCUT2D eigenvalue weighted by atomic mass is 15.0. The lowest BCUT2D eigenvalue weighted by atomic mass is 9.72. The van der Waals surface area contributed by atoms with Crippen molar-refractivity contribution in [1.82, 2.24) is 5.32 Å². The van der Waals surface area contributed by atoms with Gasteiger partial charge in [0, 0.05) is 0 Å². The normalized spacial score (nSPS) is 28.7. The lowest BCUT2D eigenvalue weighted by molar-refractivity contribution is 0.358. The summed E-state index contributed by atoms with van der Waals surface area (Å²) in [5.74, 6) is 1.54. The Balaban J connectivity index is 1.75. The van der Waals surface area contributed by atoms with Gasteiger partial charge in [-0.3, -0.25) is 0 Å². The lowest BCUT2D eigenvalue weighted by Gasteiger charge is -2.40. The fraction of sp³-hybridized carbons (Fsp3) is 0.529. The van der Waals surface area contributed by atoms with Crippen LogP contribution in [-0.4, -0.2) is 5.54 Å². The van der Waals surface area contributed by atoms with Gasteiger partial charge in [0.2, 0.25) is 0 Å². The predicted molar refractivity (Wildman–Crippen MR) is 76.6 cm³/mol. The Morgan fingerprint density at radius 3 is 2.72 bits per heavy atom. The van der Waals surface area contributed by atoms with Crippen LogP contribution < -0.4 is 5.32 Å². The maximum absolute atomic E-state index is 3.39. The molecule has 1 heterocycles. The van der Waals surface area contributed by atoms with E-state index >= 15 is 0 Å². The Kier molecular flexibility index (Phi) is 2.73. The third-order valence-corrected chi connectivity index (χ3v) is 4.70. The molecule has 3 rings (SSSR count). The molecule has 1 aromatic rings. The third-order valence-electron chi connectivity index (χ3n) is 4.70. The second kappa shape index (κ2) is 4.15. The van der Waals surface area contributed by atoms with Crippen molar-refractivity contribution in [3.05, 3.63) is 47.2 Å². The molecule has 0 saturated carbocycles. The highest BCUT2D eigenvalue weighted by Crippen LogP contribution is 2.39. The number of rotatable bonds is 2. The summed E-state index contributed by atoms with van der Waals surface area (Å²) in [5.41, 5.74) is 4.99. The maximum atomic E-state index is 3.39. The zero-order valence-corrected chi connectivity index (χ0v) is 11.7. The quantitative estimate of drug-likeness (QED) is 0.825. The number of benzene rings is 1. The van der Waals surface area contributed by atoms with Gasteiger partial charge in [-0.2, -0.15) is 0 Å². The van der Waals surface area contributed by atoms with Crippen LogP contribution in [-0.2, 0) is 6.42 Å². The highest BCUT2D eigenvalue weighted by Gasteiger charge is 2.32. The number of hydrogen-bond donors (Lipinski definition) is 1. The molecule has 1 aliphatic heterocycles. The van der Waals surface area contributed by atoms with Crippen LogP contribution in [0.2, 0.25) is 0 Å². The van der Waals surface area contributed by atoms with Gasteiger partial charge in [0.1, 0.15) is 0 Å². The van der Waals surface area contributed by atoms with Gasteiger partial charge < -0.3 is 5.32 Å². The summed E-state index contributed by atoms with van der Waals surface area (Å²) in [6.45, 7) is 6.94. The zero-order chi connectivity index (χ0) is 12.8. The van der Waals surface area contributed by atoms with Gasteiger partial charge in [-0.05, 0) is 67.8 Å². The molecule has 2 atom stereocenters. The summed E-state index contributed by atoms with van der Waals surface area (Å²) in [4.78, 5) is 0. The molecule has 1 aliphatic carbocycles. The van der Waals surface area contributed by atoms with Gasteiger partial charge in [0.05, 0.1) is 5.54 Å². The minimum Gasteiger partial charge on any atom is -0.382 e. The average Bonchev–Trinajstić information content (AvgIpc) is 2.35. The largest absolute Gasteiger partial charge is 0.382 e. The van der Waals surface area contributed by atoms with Crippen molar-refractivity contribution in [3.8, 4) is 0 Å². The van der Waals surface area contributed by atoms with Crippen molar-refractivity contribution in [2.75, 3.05) is 0 Å². The first kappa shape index (κ1) is 11.8. The molecule has 18 heavy (non-hydrogen) atoms. The van der Waals surface area contributed by atoms with Crippen molar-refractivity contribution < 1.29 is 0 Å². The first-order valence-corrected chi connectivity index (χ1v) is 7.11. The SMILES string of the molecule is CC1CC(CC2=CNC2(C)C)Cc2ccccc21. The third kappa shape index (κ3) is 1.96. The van der Waals surface area contributed by atoms with E-state index < -0.39 is 0 Å². The summed E-state index contributed by atoms with van der Waals surface area (Å²) in [6.07, 6.45) is 6.07. The van der Waals surface area contributed by atoms with Gasteiger partial charge in [-0.15, -0.1) is 0 Å². The Morgan fingerprint density at radius 1 is 1.28 bits per heavy atom. The van der Waals surface area contributed by atoms with Crippen molar-refractivity contribution in [3.63, 3.8) is 0 Å².